The van der Waals surface area contributed by atoms with Crippen LogP contribution in [-0.2, 0) is 9.59 Å². The number of amides is 2. The number of carbonyl (C=O) groups excluding carboxylic acids is 2. The molecule has 0 spiro atoms. The maximum absolute atomic E-state index is 13.4. The Morgan fingerprint density at radius 1 is 0.345 bits per heavy atom. The first-order valence-electron chi connectivity index (χ1n) is 25.9. The maximum atomic E-state index is 13.4. The summed E-state index contributed by atoms with van der Waals surface area (Å²) in [5.74, 6) is 0.0865. The summed E-state index contributed by atoms with van der Waals surface area (Å²) in [6.07, 6.45) is 46.5. The molecule has 0 atom stereocenters. The highest BCUT2D eigenvalue weighted by molar-refractivity contribution is 5.84. The third-order valence-electron chi connectivity index (χ3n) is 12.3. The van der Waals surface area contributed by atoms with Crippen molar-refractivity contribution < 1.29 is 9.59 Å². The van der Waals surface area contributed by atoms with Gasteiger partial charge in [-0.05, 0) is 60.5 Å². The van der Waals surface area contributed by atoms with E-state index >= 15 is 0 Å². The fourth-order valence-corrected chi connectivity index (χ4v) is 8.11. The van der Waals surface area contributed by atoms with Crippen molar-refractivity contribution in [3.05, 3.63) is 0 Å². The third-order valence-corrected chi connectivity index (χ3v) is 12.3. The first kappa shape index (κ1) is 56.8. The van der Waals surface area contributed by atoms with Gasteiger partial charge < -0.3 is 24.9 Å². The van der Waals surface area contributed by atoms with Crippen LogP contribution in [0.4, 0.5) is 0 Å². The van der Waals surface area contributed by atoms with Crippen molar-refractivity contribution in [1.29, 1.82) is 0 Å². The van der Waals surface area contributed by atoms with Gasteiger partial charge in [-0.15, -0.1) is 0 Å². The molecule has 346 valence electrons. The van der Waals surface area contributed by atoms with Crippen LogP contribution in [0.3, 0.4) is 0 Å². The zero-order valence-corrected chi connectivity index (χ0v) is 40.5. The van der Waals surface area contributed by atoms with Gasteiger partial charge in [-0.25, -0.2) is 0 Å². The summed E-state index contributed by atoms with van der Waals surface area (Å²) in [6, 6.07) is 0. The number of unbranched alkanes of at least 4 members (excludes halogenated alkanes) is 31. The molecule has 58 heavy (non-hydrogen) atoms. The second kappa shape index (κ2) is 45.3. The number of hydrogen-bond acceptors (Lipinski definition) is 5. The van der Waals surface area contributed by atoms with Crippen molar-refractivity contribution in [2.24, 2.45) is 0 Å². The molecule has 0 aliphatic rings. The normalized spacial score (nSPS) is 11.7. The quantitative estimate of drug-likeness (QED) is 0.0620. The van der Waals surface area contributed by atoms with Gasteiger partial charge in [-0.2, -0.15) is 0 Å². The van der Waals surface area contributed by atoms with E-state index in [1.165, 1.54) is 199 Å². The minimum Gasteiger partial charge on any atom is -0.347 e. The molecule has 0 fully saturated rings. The van der Waals surface area contributed by atoms with Gasteiger partial charge >= 0.3 is 0 Å². The molecule has 0 unspecified atom stereocenters. The van der Waals surface area contributed by atoms with Crippen LogP contribution in [-0.4, -0.2) is 112 Å². The summed E-state index contributed by atoms with van der Waals surface area (Å²) >= 11 is 0. The van der Waals surface area contributed by atoms with Crippen LogP contribution in [0.25, 0.3) is 0 Å². The lowest BCUT2D eigenvalue weighted by Gasteiger charge is -2.23. The van der Waals surface area contributed by atoms with Gasteiger partial charge in [0, 0.05) is 39.1 Å². The van der Waals surface area contributed by atoms with Gasteiger partial charge in [-0.3, -0.25) is 9.59 Å². The van der Waals surface area contributed by atoms with Gasteiger partial charge in [0.05, 0.1) is 6.54 Å². The van der Waals surface area contributed by atoms with E-state index in [1.54, 1.807) is 0 Å². The molecule has 0 aliphatic carbocycles. The summed E-state index contributed by atoms with van der Waals surface area (Å²) in [6.45, 7) is 11.3. The van der Waals surface area contributed by atoms with Crippen molar-refractivity contribution in [2.75, 3.05) is 80.5 Å². The molecule has 0 aromatic rings. The van der Waals surface area contributed by atoms with Crippen LogP contribution in [0, 0.1) is 0 Å². The number of nitrogens with one attached hydrogen (secondary N) is 1. The Labute approximate surface area is 364 Å². The summed E-state index contributed by atoms with van der Waals surface area (Å²) in [5, 5.41) is 2.96. The second-order valence-corrected chi connectivity index (χ2v) is 18.6. The third kappa shape index (κ3) is 42.9. The number of nitrogens with zero attached hydrogens (tertiary/aromatic N) is 4. The molecule has 2 amide bonds. The van der Waals surface area contributed by atoms with E-state index < -0.39 is 0 Å². The van der Waals surface area contributed by atoms with Crippen LogP contribution in [0.2, 0.25) is 0 Å². The molecule has 0 saturated carbocycles. The van der Waals surface area contributed by atoms with Crippen LogP contribution >= 0.6 is 0 Å². The van der Waals surface area contributed by atoms with E-state index in [2.05, 4.69) is 67.0 Å². The minimum absolute atomic E-state index is 0.0107. The fraction of sp³-hybridized carbons (Fsp3) is 0.961. The van der Waals surface area contributed by atoms with E-state index in [9.17, 15) is 9.59 Å². The smallest absolute Gasteiger partial charge is 0.241 e. The highest BCUT2D eigenvalue weighted by Crippen LogP contribution is 2.16. The molecule has 7 heteroatoms. The van der Waals surface area contributed by atoms with Crippen molar-refractivity contribution in [3.63, 3.8) is 0 Å². The molecule has 0 heterocycles. The predicted octanol–water partition coefficient (Wildman–Crippen LogP) is 13.0. The largest absolute Gasteiger partial charge is 0.347 e. The van der Waals surface area contributed by atoms with E-state index in [0.717, 1.165) is 65.1 Å². The van der Waals surface area contributed by atoms with Crippen molar-refractivity contribution in [1.82, 2.24) is 24.9 Å². The van der Waals surface area contributed by atoms with Crippen molar-refractivity contribution >= 4 is 11.8 Å². The van der Waals surface area contributed by atoms with Gasteiger partial charge in [0.2, 0.25) is 11.8 Å². The van der Waals surface area contributed by atoms with Gasteiger partial charge in [0.15, 0.2) is 0 Å². The van der Waals surface area contributed by atoms with E-state index in [1.807, 2.05) is 0 Å². The SMILES string of the molecule is CCCCCCCCCCCCCCCCCCCN(CCCCCCCCCCCCCCCCCC)C(=O)CNC(=O)CCN(C)CCCN(C)CCN(C)C. The zero-order chi connectivity index (χ0) is 42.6. The Hall–Kier alpha value is -1.18. The Bertz CT molecular complexity index is 855. The van der Waals surface area contributed by atoms with E-state index in [0.29, 0.717) is 6.42 Å². The fourth-order valence-electron chi connectivity index (χ4n) is 8.11. The maximum Gasteiger partial charge on any atom is 0.241 e. The predicted molar refractivity (Wildman–Crippen MR) is 256 cm³/mol. The molecular weight excluding hydrogens is 715 g/mol. The van der Waals surface area contributed by atoms with E-state index in [-0.39, 0.29) is 18.4 Å². The number of hydrogen-bond donors (Lipinski definition) is 1. The molecular formula is C51H105N5O2. The second-order valence-electron chi connectivity index (χ2n) is 18.6. The average molecular weight is 820 g/mol. The molecule has 7 nitrogen and oxygen atoms in total. The standard InChI is InChI=1S/C51H105N5O2/c1-7-9-11-13-15-17-19-21-23-25-27-29-31-33-35-37-39-45-56(44-38-36-34-32-30-28-26-24-22-20-18-16-14-12-10-8-2)51(58)49-52-50(57)41-46-54(5)42-40-43-55(6)48-47-53(3)4/h7-49H2,1-6H3,(H,52,57). The van der Waals surface area contributed by atoms with Gasteiger partial charge in [0.1, 0.15) is 0 Å². The Balaban J connectivity index is 4.32. The molecule has 0 radical (unpaired) electrons. The highest BCUT2D eigenvalue weighted by atomic mass is 16.2. The molecule has 0 bridgehead atoms. The molecule has 0 aromatic carbocycles. The lowest BCUT2D eigenvalue weighted by atomic mass is 10.0. The molecule has 0 rings (SSSR count). The topological polar surface area (TPSA) is 59.1 Å². The molecule has 0 aromatic heterocycles. The average Bonchev–Trinajstić information content (AvgIpc) is 3.21. The summed E-state index contributed by atoms with van der Waals surface area (Å²) in [4.78, 5) is 35.0. The van der Waals surface area contributed by atoms with E-state index in [4.69, 9.17) is 0 Å². The number of likely N-dealkylation sites (N-methyl/N-ethyl adjacent to an activating group) is 2. The van der Waals surface area contributed by atoms with Crippen molar-refractivity contribution in [2.45, 2.75) is 239 Å². The van der Waals surface area contributed by atoms with Gasteiger partial charge in [-0.1, -0.05) is 213 Å². The minimum atomic E-state index is -0.0107. The monoisotopic (exact) mass is 820 g/mol. The van der Waals surface area contributed by atoms with Gasteiger partial charge in [0.25, 0.3) is 0 Å². The Kier molecular flexibility index (Phi) is 44.4. The molecule has 0 saturated heterocycles. The molecule has 1 N–H and O–H groups in total. The first-order valence-corrected chi connectivity index (χ1v) is 25.9. The lowest BCUT2D eigenvalue weighted by molar-refractivity contribution is -0.133. The van der Waals surface area contributed by atoms with Crippen LogP contribution in [0.5, 0.6) is 0 Å². The van der Waals surface area contributed by atoms with Crippen LogP contribution < -0.4 is 5.32 Å². The highest BCUT2D eigenvalue weighted by Gasteiger charge is 2.15. The van der Waals surface area contributed by atoms with Crippen LogP contribution in [0.15, 0.2) is 0 Å². The first-order chi connectivity index (χ1) is 28.3. The number of carbonyl (C=O) groups is 2. The van der Waals surface area contributed by atoms with Crippen LogP contribution in [0.1, 0.15) is 239 Å². The Morgan fingerprint density at radius 3 is 0.983 bits per heavy atom. The Morgan fingerprint density at radius 2 is 0.655 bits per heavy atom. The lowest BCUT2D eigenvalue weighted by Crippen LogP contribution is -2.41. The summed E-state index contributed by atoms with van der Waals surface area (Å²) in [7, 11) is 8.50. The molecule has 0 aliphatic heterocycles. The van der Waals surface area contributed by atoms with Crippen molar-refractivity contribution in [3.8, 4) is 0 Å². The number of rotatable bonds is 47. The summed E-state index contributed by atoms with van der Waals surface area (Å²) in [5.41, 5.74) is 0. The zero-order valence-electron chi connectivity index (χ0n) is 40.5. The summed E-state index contributed by atoms with van der Waals surface area (Å²) < 4.78 is 0.